The van der Waals surface area contributed by atoms with Crippen LogP contribution in [0.4, 0.5) is 0 Å². The van der Waals surface area contributed by atoms with Crippen LogP contribution in [0.1, 0.15) is 31.2 Å². The Morgan fingerprint density at radius 2 is 1.88 bits per heavy atom. The highest BCUT2D eigenvalue weighted by Gasteiger charge is 2.33. The Balaban J connectivity index is 1.75. The number of sulfonamides is 1. The smallest absolute Gasteiger partial charge is 0.408 e. The Bertz CT molecular complexity index is 1070. The molecule has 1 N–H and O–H groups in total. The van der Waals surface area contributed by atoms with E-state index in [9.17, 15) is 13.2 Å². The van der Waals surface area contributed by atoms with Crippen LogP contribution in [0, 0.1) is 0 Å². The van der Waals surface area contributed by atoms with E-state index < -0.39 is 15.8 Å². The highest BCUT2D eigenvalue weighted by molar-refractivity contribution is 7.89. The number of H-pyrrole nitrogens is 1. The summed E-state index contributed by atoms with van der Waals surface area (Å²) in [4.78, 5) is 18.0. The van der Waals surface area contributed by atoms with Gasteiger partial charge in [-0.05, 0) is 42.7 Å². The Morgan fingerprint density at radius 3 is 2.62 bits per heavy atom. The van der Waals surface area contributed by atoms with Crippen molar-refractivity contribution in [3.8, 4) is 0 Å². The number of fused-ring (bicyclic) bond motifs is 1. The summed E-state index contributed by atoms with van der Waals surface area (Å²) in [5.74, 6) is -0.598. The van der Waals surface area contributed by atoms with Crippen molar-refractivity contribution in [2.24, 2.45) is 0 Å². The lowest BCUT2D eigenvalue weighted by molar-refractivity contribution is 0.316. The van der Waals surface area contributed by atoms with E-state index in [1.165, 1.54) is 12.1 Å². The summed E-state index contributed by atoms with van der Waals surface area (Å²) in [7, 11) is -3.73. The number of rotatable bonds is 5. The minimum absolute atomic E-state index is 0.0258. The largest absolute Gasteiger partial charge is 0.417 e. The van der Waals surface area contributed by atoms with Crippen LogP contribution in [0.3, 0.4) is 0 Å². The molecule has 0 spiro atoms. The van der Waals surface area contributed by atoms with Crippen LogP contribution in [0.2, 0.25) is 0 Å². The van der Waals surface area contributed by atoms with Gasteiger partial charge in [0, 0.05) is 31.0 Å². The van der Waals surface area contributed by atoms with Gasteiger partial charge in [0.2, 0.25) is 10.0 Å². The first-order valence-corrected chi connectivity index (χ1v) is 10.0. The molecule has 2 heterocycles. The molecule has 0 radical (unpaired) electrons. The van der Waals surface area contributed by atoms with Gasteiger partial charge in [-0.1, -0.05) is 12.8 Å². The molecular formula is C18H19N3O4S. The Labute approximate surface area is 150 Å². The van der Waals surface area contributed by atoms with Crippen LogP contribution >= 0.6 is 0 Å². The van der Waals surface area contributed by atoms with Crippen LogP contribution in [0.25, 0.3) is 11.1 Å². The van der Waals surface area contributed by atoms with E-state index in [0.29, 0.717) is 12.1 Å². The number of benzene rings is 1. The summed E-state index contributed by atoms with van der Waals surface area (Å²) < 4.78 is 33.3. The van der Waals surface area contributed by atoms with Gasteiger partial charge in [-0.2, -0.15) is 4.31 Å². The predicted molar refractivity (Wildman–Crippen MR) is 96.1 cm³/mol. The fourth-order valence-electron chi connectivity index (χ4n) is 3.49. The summed E-state index contributed by atoms with van der Waals surface area (Å²) in [6.45, 7) is 0.296. The van der Waals surface area contributed by atoms with Gasteiger partial charge in [-0.15, -0.1) is 0 Å². The average molecular weight is 373 g/mol. The SMILES string of the molecule is O=c1[nH]c2ccc(S(=O)(=O)N(Cc3ccncc3)C3CCCC3)cc2o1. The number of hydrogen-bond acceptors (Lipinski definition) is 5. The molecule has 1 aromatic carbocycles. The molecule has 0 amide bonds. The number of pyridine rings is 1. The lowest BCUT2D eigenvalue weighted by Gasteiger charge is -2.28. The van der Waals surface area contributed by atoms with Gasteiger partial charge in [0.25, 0.3) is 0 Å². The van der Waals surface area contributed by atoms with E-state index in [0.717, 1.165) is 31.2 Å². The number of aromatic amines is 1. The zero-order valence-corrected chi connectivity index (χ0v) is 14.9. The molecule has 1 aliphatic rings. The van der Waals surface area contributed by atoms with Gasteiger partial charge in [-0.3, -0.25) is 9.97 Å². The van der Waals surface area contributed by atoms with Gasteiger partial charge in [-0.25, -0.2) is 13.2 Å². The predicted octanol–water partition coefficient (Wildman–Crippen LogP) is 2.65. The molecule has 136 valence electrons. The van der Waals surface area contributed by atoms with E-state index >= 15 is 0 Å². The summed E-state index contributed by atoms with van der Waals surface area (Å²) in [5.41, 5.74) is 1.62. The molecule has 0 atom stereocenters. The summed E-state index contributed by atoms with van der Waals surface area (Å²) in [5, 5.41) is 0. The molecule has 3 aromatic rings. The number of aromatic nitrogens is 2. The van der Waals surface area contributed by atoms with Crippen LogP contribution in [0.15, 0.2) is 56.8 Å². The quantitative estimate of drug-likeness (QED) is 0.742. The lowest BCUT2D eigenvalue weighted by atomic mass is 10.2. The third kappa shape index (κ3) is 3.17. The van der Waals surface area contributed by atoms with Gasteiger partial charge < -0.3 is 4.42 Å². The number of nitrogens with one attached hydrogen (secondary N) is 1. The maximum atomic E-state index is 13.4. The fourth-order valence-corrected chi connectivity index (χ4v) is 5.18. The first-order chi connectivity index (χ1) is 12.5. The fraction of sp³-hybridized carbons (Fsp3) is 0.333. The van der Waals surface area contributed by atoms with Gasteiger partial charge in [0.15, 0.2) is 5.58 Å². The van der Waals surface area contributed by atoms with Crippen LogP contribution in [-0.2, 0) is 16.6 Å². The molecule has 0 unspecified atom stereocenters. The second kappa shape index (κ2) is 6.69. The van der Waals surface area contributed by atoms with Crippen molar-refractivity contribution in [3.63, 3.8) is 0 Å². The zero-order valence-electron chi connectivity index (χ0n) is 14.1. The van der Waals surface area contributed by atoms with Crippen LogP contribution < -0.4 is 5.76 Å². The van der Waals surface area contributed by atoms with Crippen LogP contribution in [-0.4, -0.2) is 28.7 Å². The normalized spacial score (nSPS) is 15.9. The number of hydrogen-bond donors (Lipinski definition) is 1. The Kier molecular flexibility index (Phi) is 4.37. The second-order valence-corrected chi connectivity index (χ2v) is 8.41. The van der Waals surface area contributed by atoms with Crippen molar-refractivity contribution in [1.82, 2.24) is 14.3 Å². The van der Waals surface area contributed by atoms with E-state index in [-0.39, 0.29) is 16.5 Å². The molecule has 2 aromatic heterocycles. The lowest BCUT2D eigenvalue weighted by Crippen LogP contribution is -2.38. The molecule has 1 aliphatic carbocycles. The van der Waals surface area contributed by atoms with E-state index in [2.05, 4.69) is 9.97 Å². The van der Waals surface area contributed by atoms with Crippen molar-refractivity contribution in [3.05, 3.63) is 58.8 Å². The molecule has 1 fully saturated rings. The molecule has 0 saturated heterocycles. The zero-order chi connectivity index (χ0) is 18.1. The van der Waals surface area contributed by atoms with E-state index in [1.54, 1.807) is 22.8 Å². The van der Waals surface area contributed by atoms with Crippen LogP contribution in [0.5, 0.6) is 0 Å². The highest BCUT2D eigenvalue weighted by Crippen LogP contribution is 2.31. The van der Waals surface area contributed by atoms with Gasteiger partial charge in [0.05, 0.1) is 10.4 Å². The maximum absolute atomic E-state index is 13.4. The van der Waals surface area contributed by atoms with Crippen molar-refractivity contribution in [1.29, 1.82) is 0 Å². The van der Waals surface area contributed by atoms with Crippen molar-refractivity contribution in [2.45, 2.75) is 43.2 Å². The standard InChI is InChI=1S/C18H19N3O4S/c22-18-20-16-6-5-15(11-17(16)25-18)26(23,24)21(14-3-1-2-4-14)12-13-7-9-19-10-8-13/h5-11,14H,1-4,12H2,(H,20,22). The third-order valence-electron chi connectivity index (χ3n) is 4.82. The van der Waals surface area contributed by atoms with E-state index in [1.807, 2.05) is 12.1 Å². The molecule has 4 rings (SSSR count). The third-order valence-corrected chi connectivity index (χ3v) is 6.71. The number of oxazole rings is 1. The minimum Gasteiger partial charge on any atom is -0.408 e. The first-order valence-electron chi connectivity index (χ1n) is 8.58. The summed E-state index contributed by atoms with van der Waals surface area (Å²) in [6.07, 6.45) is 7.08. The monoisotopic (exact) mass is 373 g/mol. The van der Waals surface area contributed by atoms with Crippen molar-refractivity contribution in [2.75, 3.05) is 0 Å². The van der Waals surface area contributed by atoms with E-state index in [4.69, 9.17) is 4.42 Å². The molecular weight excluding hydrogens is 354 g/mol. The Hall–Kier alpha value is -2.45. The molecule has 7 nitrogen and oxygen atoms in total. The molecule has 0 aliphatic heterocycles. The summed E-state index contributed by atoms with van der Waals surface area (Å²) >= 11 is 0. The summed E-state index contributed by atoms with van der Waals surface area (Å²) in [6, 6.07) is 8.11. The second-order valence-electron chi connectivity index (χ2n) is 6.52. The molecule has 26 heavy (non-hydrogen) atoms. The molecule has 1 saturated carbocycles. The molecule has 8 heteroatoms. The average Bonchev–Trinajstić information content (AvgIpc) is 3.28. The topological polar surface area (TPSA) is 96.3 Å². The van der Waals surface area contributed by atoms with Crippen molar-refractivity contribution < 1.29 is 12.8 Å². The minimum atomic E-state index is -3.73. The number of nitrogens with zero attached hydrogens (tertiary/aromatic N) is 2. The van der Waals surface area contributed by atoms with Gasteiger partial charge in [0.1, 0.15) is 0 Å². The van der Waals surface area contributed by atoms with Gasteiger partial charge >= 0.3 is 5.76 Å². The maximum Gasteiger partial charge on any atom is 0.417 e. The molecule has 0 bridgehead atoms. The highest BCUT2D eigenvalue weighted by atomic mass is 32.2. The first kappa shape index (κ1) is 17.0. The van der Waals surface area contributed by atoms with Crippen molar-refractivity contribution >= 4 is 21.1 Å². The Morgan fingerprint density at radius 1 is 1.15 bits per heavy atom.